The molecule has 18 heavy (non-hydrogen) atoms. The van der Waals surface area contributed by atoms with Crippen molar-refractivity contribution in [2.75, 3.05) is 30.3 Å². The number of aliphatic hydroxyl groups is 1. The van der Waals surface area contributed by atoms with Crippen LogP contribution in [0.3, 0.4) is 0 Å². The Hall–Kier alpha value is -1.82. The molecule has 0 saturated carbocycles. The highest BCUT2D eigenvalue weighted by Gasteiger charge is 2.20. The topological polar surface area (TPSA) is 92.6 Å². The second kappa shape index (κ2) is 5.22. The molecule has 0 bridgehead atoms. The van der Waals surface area contributed by atoms with Crippen LogP contribution in [0, 0.1) is 16.0 Å². The summed E-state index contributed by atoms with van der Waals surface area (Å²) in [6.07, 6.45) is 1.88. The van der Waals surface area contributed by atoms with Crippen LogP contribution in [0.5, 0.6) is 0 Å². The van der Waals surface area contributed by atoms with Gasteiger partial charge < -0.3 is 15.7 Å². The number of hydrogen-bond acceptors (Lipinski definition) is 5. The van der Waals surface area contributed by atoms with Crippen molar-refractivity contribution in [2.24, 2.45) is 5.92 Å². The molecule has 0 radical (unpaired) electrons. The molecule has 1 fully saturated rings. The van der Waals surface area contributed by atoms with Gasteiger partial charge in [0.1, 0.15) is 5.69 Å². The van der Waals surface area contributed by atoms with Gasteiger partial charge in [0.2, 0.25) is 0 Å². The maximum absolute atomic E-state index is 10.7. The van der Waals surface area contributed by atoms with Gasteiger partial charge in [-0.25, -0.2) is 0 Å². The number of anilines is 2. The average Bonchev–Trinajstić information content (AvgIpc) is 2.38. The fourth-order valence-corrected chi connectivity index (χ4v) is 2.28. The Morgan fingerprint density at radius 2 is 2.11 bits per heavy atom. The Morgan fingerprint density at radius 1 is 1.44 bits per heavy atom. The summed E-state index contributed by atoms with van der Waals surface area (Å²) in [6.45, 7) is 1.93. The van der Waals surface area contributed by atoms with Crippen molar-refractivity contribution in [3.8, 4) is 0 Å². The van der Waals surface area contributed by atoms with E-state index in [0.717, 1.165) is 31.6 Å². The summed E-state index contributed by atoms with van der Waals surface area (Å²) in [5.41, 5.74) is 6.73. The van der Waals surface area contributed by atoms with E-state index in [4.69, 9.17) is 10.8 Å². The van der Waals surface area contributed by atoms with Gasteiger partial charge in [-0.2, -0.15) is 0 Å². The first-order chi connectivity index (χ1) is 8.61. The van der Waals surface area contributed by atoms with E-state index in [0.29, 0.717) is 5.92 Å². The molecule has 1 saturated heterocycles. The lowest BCUT2D eigenvalue weighted by Gasteiger charge is -2.32. The number of nitro benzene ring substituents is 1. The van der Waals surface area contributed by atoms with Gasteiger partial charge in [0.15, 0.2) is 0 Å². The van der Waals surface area contributed by atoms with E-state index in [1.54, 1.807) is 12.1 Å². The number of nitrogens with zero attached hydrogens (tertiary/aromatic N) is 2. The van der Waals surface area contributed by atoms with E-state index in [1.165, 1.54) is 6.07 Å². The third-order valence-corrected chi connectivity index (χ3v) is 3.45. The summed E-state index contributed by atoms with van der Waals surface area (Å²) in [7, 11) is 0. The lowest BCUT2D eigenvalue weighted by molar-refractivity contribution is -0.383. The van der Waals surface area contributed by atoms with E-state index < -0.39 is 4.92 Å². The summed E-state index contributed by atoms with van der Waals surface area (Å²) >= 11 is 0. The van der Waals surface area contributed by atoms with Gasteiger partial charge in [0.05, 0.1) is 4.92 Å². The van der Waals surface area contributed by atoms with Crippen molar-refractivity contribution in [2.45, 2.75) is 12.8 Å². The number of hydrogen-bond donors (Lipinski definition) is 2. The Bertz CT molecular complexity index is 442. The van der Waals surface area contributed by atoms with Crippen LogP contribution in [0.1, 0.15) is 12.8 Å². The van der Waals surface area contributed by atoms with E-state index in [2.05, 4.69) is 4.90 Å². The lowest BCUT2D eigenvalue weighted by atomic mass is 9.97. The molecule has 3 N–H and O–H groups in total. The average molecular weight is 251 g/mol. The van der Waals surface area contributed by atoms with Crippen LogP contribution in [-0.4, -0.2) is 29.7 Å². The maximum Gasteiger partial charge on any atom is 0.292 e. The van der Waals surface area contributed by atoms with Crippen molar-refractivity contribution in [3.05, 3.63) is 28.3 Å². The zero-order valence-corrected chi connectivity index (χ0v) is 10.1. The van der Waals surface area contributed by atoms with Crippen molar-refractivity contribution in [3.63, 3.8) is 0 Å². The fourth-order valence-electron chi connectivity index (χ4n) is 2.28. The first-order valence-electron chi connectivity index (χ1n) is 6.01. The highest BCUT2D eigenvalue weighted by molar-refractivity contribution is 5.66. The maximum atomic E-state index is 10.7. The first-order valence-corrected chi connectivity index (χ1v) is 6.01. The van der Waals surface area contributed by atoms with Gasteiger partial charge in [0, 0.05) is 31.5 Å². The zero-order chi connectivity index (χ0) is 13.1. The number of rotatable bonds is 3. The molecule has 1 heterocycles. The number of nitrogens with two attached hydrogens (primary N) is 1. The number of nitro groups is 1. The predicted molar refractivity (Wildman–Crippen MR) is 69.5 cm³/mol. The summed E-state index contributed by atoms with van der Waals surface area (Å²) in [5, 5.41) is 19.8. The molecule has 2 rings (SSSR count). The van der Waals surface area contributed by atoms with Gasteiger partial charge in [-0.05, 0) is 30.9 Å². The highest BCUT2D eigenvalue weighted by atomic mass is 16.6. The van der Waals surface area contributed by atoms with Crippen LogP contribution in [-0.2, 0) is 0 Å². The lowest BCUT2D eigenvalue weighted by Crippen LogP contribution is -2.34. The summed E-state index contributed by atoms with van der Waals surface area (Å²) in [5.74, 6) is 0.372. The standard InChI is InChI=1S/C12H17N3O3/c13-11-7-10(1-2-12(11)15(17)18)14-5-3-9(8-16)4-6-14/h1-2,7,9,16H,3-6,8,13H2. The monoisotopic (exact) mass is 251 g/mol. The molecule has 1 aromatic carbocycles. The largest absolute Gasteiger partial charge is 0.396 e. The second-order valence-electron chi connectivity index (χ2n) is 4.61. The number of piperidine rings is 1. The minimum Gasteiger partial charge on any atom is -0.396 e. The number of aliphatic hydroxyl groups excluding tert-OH is 1. The van der Waals surface area contributed by atoms with Crippen LogP contribution in [0.4, 0.5) is 17.1 Å². The van der Waals surface area contributed by atoms with E-state index >= 15 is 0 Å². The Labute approximate surface area is 105 Å². The van der Waals surface area contributed by atoms with Crippen molar-refractivity contribution in [1.82, 2.24) is 0 Å². The van der Waals surface area contributed by atoms with Gasteiger partial charge >= 0.3 is 0 Å². The Kier molecular flexibility index (Phi) is 3.66. The minimum absolute atomic E-state index is 0.0519. The third-order valence-electron chi connectivity index (χ3n) is 3.45. The molecule has 0 aromatic heterocycles. The second-order valence-corrected chi connectivity index (χ2v) is 4.61. The van der Waals surface area contributed by atoms with Crippen molar-refractivity contribution >= 4 is 17.1 Å². The van der Waals surface area contributed by atoms with Gasteiger partial charge in [-0.3, -0.25) is 10.1 Å². The molecule has 0 spiro atoms. The van der Waals surface area contributed by atoms with E-state index in [-0.39, 0.29) is 18.0 Å². The molecular weight excluding hydrogens is 234 g/mol. The predicted octanol–water partition coefficient (Wildman–Crippen LogP) is 1.39. The zero-order valence-electron chi connectivity index (χ0n) is 10.1. The fraction of sp³-hybridized carbons (Fsp3) is 0.500. The highest BCUT2D eigenvalue weighted by Crippen LogP contribution is 2.29. The molecule has 6 nitrogen and oxygen atoms in total. The molecule has 0 atom stereocenters. The molecular formula is C12H17N3O3. The smallest absolute Gasteiger partial charge is 0.292 e. The SMILES string of the molecule is Nc1cc(N2CCC(CO)CC2)ccc1[N+](=O)[O-]. The van der Waals surface area contributed by atoms with Gasteiger partial charge in [0.25, 0.3) is 5.69 Å². The molecule has 0 aliphatic carbocycles. The molecule has 1 aliphatic heterocycles. The molecule has 0 amide bonds. The molecule has 6 heteroatoms. The summed E-state index contributed by atoms with van der Waals surface area (Å²) in [6, 6.07) is 4.83. The van der Waals surface area contributed by atoms with Crippen LogP contribution >= 0.6 is 0 Å². The van der Waals surface area contributed by atoms with Gasteiger partial charge in [-0.1, -0.05) is 0 Å². The van der Waals surface area contributed by atoms with Crippen molar-refractivity contribution < 1.29 is 10.0 Å². The normalized spacial score (nSPS) is 16.8. The van der Waals surface area contributed by atoms with Crippen LogP contribution in [0.25, 0.3) is 0 Å². The summed E-state index contributed by atoms with van der Waals surface area (Å²) < 4.78 is 0. The van der Waals surface area contributed by atoms with E-state index in [1.807, 2.05) is 0 Å². The molecule has 98 valence electrons. The number of benzene rings is 1. The van der Waals surface area contributed by atoms with E-state index in [9.17, 15) is 10.1 Å². The first kappa shape index (κ1) is 12.6. The Morgan fingerprint density at radius 3 is 2.61 bits per heavy atom. The minimum atomic E-state index is -0.475. The number of nitrogen functional groups attached to an aromatic ring is 1. The Balaban J connectivity index is 2.11. The summed E-state index contributed by atoms with van der Waals surface area (Å²) in [4.78, 5) is 12.3. The van der Waals surface area contributed by atoms with Gasteiger partial charge in [-0.15, -0.1) is 0 Å². The van der Waals surface area contributed by atoms with Crippen molar-refractivity contribution in [1.29, 1.82) is 0 Å². The third kappa shape index (κ3) is 2.53. The van der Waals surface area contributed by atoms with Crippen LogP contribution < -0.4 is 10.6 Å². The van der Waals surface area contributed by atoms with Crippen LogP contribution in [0.15, 0.2) is 18.2 Å². The quantitative estimate of drug-likeness (QED) is 0.481. The van der Waals surface area contributed by atoms with Crippen LogP contribution in [0.2, 0.25) is 0 Å². The molecule has 1 aliphatic rings. The molecule has 1 aromatic rings. The molecule has 0 unspecified atom stereocenters.